The molecule has 2 atom stereocenters. The Bertz CT molecular complexity index is 106. The highest BCUT2D eigenvalue weighted by Crippen LogP contribution is 1.88. The summed E-state index contributed by atoms with van der Waals surface area (Å²) in [6.07, 6.45) is -0.751. The molecule has 5 heteroatoms. The number of carbonyl (C=O) groups is 1. The first-order valence-electron chi connectivity index (χ1n) is 2.85. The molecule has 2 unspecified atom stereocenters. The zero-order valence-corrected chi connectivity index (χ0v) is 6.64. The second-order valence-electron chi connectivity index (χ2n) is 1.72. The lowest BCUT2D eigenvalue weighted by atomic mass is 10.4. The molecule has 0 aliphatic rings. The van der Waals surface area contributed by atoms with Gasteiger partial charge in [0.05, 0.1) is 12.8 Å². The van der Waals surface area contributed by atoms with Crippen molar-refractivity contribution in [2.75, 3.05) is 19.4 Å². The van der Waals surface area contributed by atoms with Gasteiger partial charge in [0.2, 0.25) is 0 Å². The smallest absolute Gasteiger partial charge is 0.309 e. The van der Waals surface area contributed by atoms with Crippen LogP contribution in [-0.4, -0.2) is 41.7 Å². The first-order valence-corrected chi connectivity index (χ1v) is 3.67. The fraction of sp³-hybridized carbons (Fsp3) is 0.800. The summed E-state index contributed by atoms with van der Waals surface area (Å²) in [6.45, 7) is -0.520. The minimum absolute atomic E-state index is 0.135. The number of hydrogen-bond donors (Lipinski definition) is 2. The van der Waals surface area contributed by atoms with E-state index in [4.69, 9.17) is 10.2 Å². The van der Waals surface area contributed by atoms with Crippen LogP contribution in [0.1, 0.15) is 0 Å². The lowest BCUT2D eigenvalue weighted by Crippen LogP contribution is -2.22. The average Bonchev–Trinajstić information content (AvgIpc) is 1.99. The van der Waals surface area contributed by atoms with Crippen LogP contribution in [0.4, 0.5) is 0 Å². The highest BCUT2D eigenvalue weighted by molar-refractivity contribution is 7.18. The van der Waals surface area contributed by atoms with Crippen molar-refractivity contribution in [1.82, 2.24) is 0 Å². The largest absolute Gasteiger partial charge is 0.463 e. The summed E-state index contributed by atoms with van der Waals surface area (Å²) in [6, 6.07) is 0. The number of ether oxygens (including phenoxy) is 1. The molecular weight excluding hydrogens is 155 g/mol. The Morgan fingerprint density at radius 1 is 1.70 bits per heavy atom. The van der Waals surface area contributed by atoms with Gasteiger partial charge in [0.1, 0.15) is 12.7 Å². The normalized spacial score (nSPS) is 12.7. The van der Waals surface area contributed by atoms with Gasteiger partial charge in [-0.25, -0.2) is 0 Å². The van der Waals surface area contributed by atoms with Gasteiger partial charge in [-0.2, -0.15) is 0 Å². The highest BCUT2D eigenvalue weighted by atomic mass is 31.0. The third-order valence-electron chi connectivity index (χ3n) is 0.814. The van der Waals surface area contributed by atoms with Crippen molar-refractivity contribution in [1.29, 1.82) is 0 Å². The van der Waals surface area contributed by atoms with Crippen LogP contribution in [0, 0.1) is 0 Å². The van der Waals surface area contributed by atoms with E-state index in [1.807, 2.05) is 0 Å². The molecule has 60 valence electrons. The highest BCUT2D eigenvalue weighted by Gasteiger charge is 2.04. The van der Waals surface area contributed by atoms with E-state index < -0.39 is 12.1 Å². The lowest BCUT2D eigenvalue weighted by Gasteiger charge is -2.06. The van der Waals surface area contributed by atoms with E-state index in [0.29, 0.717) is 0 Å². The molecule has 0 aliphatic carbocycles. The van der Waals surface area contributed by atoms with Gasteiger partial charge in [-0.3, -0.25) is 4.79 Å². The molecule has 0 bridgehead atoms. The fourth-order valence-electron chi connectivity index (χ4n) is 0.301. The van der Waals surface area contributed by atoms with Crippen molar-refractivity contribution in [3.63, 3.8) is 0 Å². The molecule has 0 aliphatic heterocycles. The summed E-state index contributed by atoms with van der Waals surface area (Å²) in [7, 11) is 2.20. The van der Waals surface area contributed by atoms with E-state index >= 15 is 0 Å². The monoisotopic (exact) mass is 166 g/mol. The molecule has 0 amide bonds. The second-order valence-corrected chi connectivity index (χ2v) is 2.13. The van der Waals surface area contributed by atoms with Crippen molar-refractivity contribution >= 4 is 15.2 Å². The Labute approximate surface area is 61.4 Å². The molecule has 10 heavy (non-hydrogen) atoms. The number of hydrogen-bond acceptors (Lipinski definition) is 4. The molecule has 0 fully saturated rings. The maximum atomic E-state index is 10.4. The predicted molar refractivity (Wildman–Crippen MR) is 38.6 cm³/mol. The Hall–Kier alpha value is -0.180. The molecule has 0 rings (SSSR count). The second kappa shape index (κ2) is 5.59. The summed E-state index contributed by atoms with van der Waals surface area (Å²) in [5.74, 6) is -0.405. The SMILES string of the molecule is O=C(CP)OCC(O)CO. The van der Waals surface area contributed by atoms with Crippen LogP contribution in [0.15, 0.2) is 0 Å². The molecule has 2 N–H and O–H groups in total. The molecule has 0 radical (unpaired) electrons. The number of aliphatic hydroxyl groups excluding tert-OH is 2. The third kappa shape index (κ3) is 4.68. The molecular formula is C5H11O4P. The fourth-order valence-corrected chi connectivity index (χ4v) is 0.419. The predicted octanol–water partition coefficient (Wildman–Crippen LogP) is -1.24. The maximum absolute atomic E-state index is 10.4. The molecule has 0 saturated heterocycles. The van der Waals surface area contributed by atoms with Gasteiger partial charge >= 0.3 is 5.97 Å². The summed E-state index contributed by atoms with van der Waals surface area (Å²) >= 11 is 0. The Morgan fingerprint density at radius 3 is 2.70 bits per heavy atom. The quantitative estimate of drug-likeness (QED) is 0.405. The van der Waals surface area contributed by atoms with Crippen molar-refractivity contribution in [2.45, 2.75) is 6.10 Å². The maximum Gasteiger partial charge on any atom is 0.309 e. The van der Waals surface area contributed by atoms with Crippen LogP contribution in [0.3, 0.4) is 0 Å². The third-order valence-corrected chi connectivity index (χ3v) is 1.15. The van der Waals surface area contributed by atoms with Crippen LogP contribution < -0.4 is 0 Å². The minimum Gasteiger partial charge on any atom is -0.463 e. The number of aliphatic hydroxyl groups is 2. The first kappa shape index (κ1) is 9.82. The van der Waals surface area contributed by atoms with Gasteiger partial charge in [-0.15, -0.1) is 9.24 Å². The standard InChI is InChI=1S/C5H11O4P/c6-1-4(7)2-9-5(8)3-10/h4,6-7H,1-3,10H2. The average molecular weight is 166 g/mol. The van der Waals surface area contributed by atoms with Crippen LogP contribution >= 0.6 is 9.24 Å². The van der Waals surface area contributed by atoms with Gasteiger partial charge in [-0.1, -0.05) is 0 Å². The number of carbonyl (C=O) groups excluding carboxylic acids is 1. The van der Waals surface area contributed by atoms with Crippen molar-refractivity contribution in [2.24, 2.45) is 0 Å². The van der Waals surface area contributed by atoms with Crippen molar-refractivity contribution in [3.05, 3.63) is 0 Å². The molecule has 4 nitrogen and oxygen atoms in total. The molecule has 0 aromatic rings. The van der Waals surface area contributed by atoms with E-state index in [-0.39, 0.29) is 19.4 Å². The van der Waals surface area contributed by atoms with E-state index in [1.54, 1.807) is 0 Å². The minimum atomic E-state index is -0.958. The molecule has 0 heterocycles. The topological polar surface area (TPSA) is 66.8 Å². The van der Waals surface area contributed by atoms with E-state index in [1.165, 1.54) is 0 Å². The molecule has 0 aromatic heterocycles. The van der Waals surface area contributed by atoms with Crippen molar-refractivity contribution < 1.29 is 19.7 Å². The summed E-state index contributed by atoms with van der Waals surface area (Å²) in [5.41, 5.74) is 0. The molecule has 0 saturated carbocycles. The Morgan fingerprint density at radius 2 is 2.30 bits per heavy atom. The molecule has 0 aromatic carbocycles. The Balaban J connectivity index is 3.26. The van der Waals surface area contributed by atoms with Gasteiger partial charge in [0, 0.05) is 0 Å². The van der Waals surface area contributed by atoms with E-state index in [0.717, 1.165) is 0 Å². The Kier molecular flexibility index (Phi) is 5.49. The van der Waals surface area contributed by atoms with Gasteiger partial charge in [0.15, 0.2) is 0 Å². The molecule has 0 spiro atoms. The lowest BCUT2D eigenvalue weighted by molar-refractivity contribution is -0.144. The summed E-state index contributed by atoms with van der Waals surface area (Å²) < 4.78 is 4.47. The number of rotatable bonds is 4. The zero-order chi connectivity index (χ0) is 7.98. The van der Waals surface area contributed by atoms with Gasteiger partial charge in [-0.05, 0) is 0 Å². The van der Waals surface area contributed by atoms with Gasteiger partial charge < -0.3 is 14.9 Å². The summed E-state index contributed by atoms with van der Waals surface area (Å²) in [4.78, 5) is 10.4. The first-order chi connectivity index (χ1) is 4.70. The summed E-state index contributed by atoms with van der Waals surface area (Å²) in [5, 5.41) is 16.9. The van der Waals surface area contributed by atoms with E-state index in [9.17, 15) is 4.79 Å². The van der Waals surface area contributed by atoms with Crippen LogP contribution in [0.5, 0.6) is 0 Å². The van der Waals surface area contributed by atoms with Gasteiger partial charge in [0.25, 0.3) is 0 Å². The number of esters is 1. The zero-order valence-electron chi connectivity index (χ0n) is 5.49. The van der Waals surface area contributed by atoms with Crippen LogP contribution in [-0.2, 0) is 9.53 Å². The van der Waals surface area contributed by atoms with Crippen LogP contribution in [0.2, 0.25) is 0 Å². The van der Waals surface area contributed by atoms with E-state index in [2.05, 4.69) is 14.0 Å². The van der Waals surface area contributed by atoms with Crippen LogP contribution in [0.25, 0.3) is 0 Å². The van der Waals surface area contributed by atoms with Crippen molar-refractivity contribution in [3.8, 4) is 0 Å².